The number of nitrogens with one attached hydrogen (secondary N) is 1. The average molecular weight is 131 g/mol. The maximum Gasteiger partial charge on any atom is 0.235 e. The number of rotatable bonds is 2. The van der Waals surface area contributed by atoms with Crippen molar-refractivity contribution in [3.63, 3.8) is 0 Å². The SMILES string of the molecule is CC(C)(N)CC(=O)NN. The normalized spacial score (nSPS) is 11.1. The molecule has 0 fully saturated rings. The maximum atomic E-state index is 10.5. The molecule has 54 valence electrons. The Morgan fingerprint density at radius 2 is 2.11 bits per heavy atom. The van der Waals surface area contributed by atoms with Crippen LogP contribution >= 0.6 is 0 Å². The first kappa shape index (κ1) is 8.39. The molecule has 0 rings (SSSR count). The van der Waals surface area contributed by atoms with Crippen LogP contribution in [-0.4, -0.2) is 11.4 Å². The number of amides is 1. The van der Waals surface area contributed by atoms with E-state index in [0.29, 0.717) is 0 Å². The van der Waals surface area contributed by atoms with Crippen molar-refractivity contribution in [3.05, 3.63) is 0 Å². The van der Waals surface area contributed by atoms with Gasteiger partial charge in [-0.3, -0.25) is 10.2 Å². The summed E-state index contributed by atoms with van der Waals surface area (Å²) in [5.41, 5.74) is 7.03. The van der Waals surface area contributed by atoms with Crippen LogP contribution < -0.4 is 17.0 Å². The number of nitrogens with two attached hydrogens (primary N) is 2. The van der Waals surface area contributed by atoms with Gasteiger partial charge in [0.2, 0.25) is 5.91 Å². The summed E-state index contributed by atoms with van der Waals surface area (Å²) in [6.45, 7) is 3.53. The maximum absolute atomic E-state index is 10.5. The van der Waals surface area contributed by atoms with Gasteiger partial charge in [-0.25, -0.2) is 5.84 Å². The molecule has 0 aromatic carbocycles. The number of carbonyl (C=O) groups is 1. The fraction of sp³-hybridized carbons (Fsp3) is 0.800. The van der Waals surface area contributed by atoms with Crippen LogP contribution in [0.15, 0.2) is 0 Å². The monoisotopic (exact) mass is 131 g/mol. The van der Waals surface area contributed by atoms with E-state index in [0.717, 1.165) is 0 Å². The average Bonchev–Trinajstić information content (AvgIpc) is 1.62. The lowest BCUT2D eigenvalue weighted by Crippen LogP contribution is -2.41. The molecular weight excluding hydrogens is 118 g/mol. The van der Waals surface area contributed by atoms with Crippen LogP contribution in [0.1, 0.15) is 20.3 Å². The molecule has 0 aliphatic rings. The summed E-state index contributed by atoms with van der Waals surface area (Å²) in [7, 11) is 0. The lowest BCUT2D eigenvalue weighted by atomic mass is 10.0. The Kier molecular flexibility index (Phi) is 2.61. The van der Waals surface area contributed by atoms with Gasteiger partial charge in [0.25, 0.3) is 0 Å². The molecule has 0 atom stereocenters. The third-order valence-electron chi connectivity index (χ3n) is 0.777. The molecule has 0 saturated carbocycles. The summed E-state index contributed by atoms with van der Waals surface area (Å²) < 4.78 is 0. The third-order valence-corrected chi connectivity index (χ3v) is 0.777. The highest BCUT2D eigenvalue weighted by molar-refractivity contribution is 5.76. The van der Waals surface area contributed by atoms with E-state index in [1.165, 1.54) is 0 Å². The molecule has 0 unspecified atom stereocenters. The quantitative estimate of drug-likeness (QED) is 0.258. The minimum Gasteiger partial charge on any atom is -0.325 e. The number of hydrogen-bond acceptors (Lipinski definition) is 3. The number of hydrazine groups is 1. The van der Waals surface area contributed by atoms with E-state index < -0.39 is 5.54 Å². The minimum absolute atomic E-state index is 0.234. The molecule has 0 aromatic rings. The molecule has 4 heteroatoms. The second-order valence-corrected chi connectivity index (χ2v) is 2.73. The van der Waals surface area contributed by atoms with Crippen molar-refractivity contribution in [3.8, 4) is 0 Å². The van der Waals surface area contributed by atoms with Gasteiger partial charge in [0.1, 0.15) is 0 Å². The summed E-state index contributed by atoms with van der Waals surface area (Å²) in [6, 6.07) is 0. The Hall–Kier alpha value is -0.610. The first-order valence-electron chi connectivity index (χ1n) is 2.74. The van der Waals surface area contributed by atoms with Crippen LogP contribution in [-0.2, 0) is 4.79 Å². The molecule has 0 aliphatic heterocycles. The summed E-state index contributed by atoms with van der Waals surface area (Å²) >= 11 is 0. The van der Waals surface area contributed by atoms with E-state index in [9.17, 15) is 4.79 Å². The Morgan fingerprint density at radius 1 is 1.67 bits per heavy atom. The van der Waals surface area contributed by atoms with E-state index in [2.05, 4.69) is 0 Å². The van der Waals surface area contributed by atoms with Gasteiger partial charge in [-0.1, -0.05) is 0 Å². The van der Waals surface area contributed by atoms with E-state index in [4.69, 9.17) is 11.6 Å². The molecule has 0 spiro atoms. The highest BCUT2D eigenvalue weighted by atomic mass is 16.2. The summed E-state index contributed by atoms with van der Waals surface area (Å²) in [4.78, 5) is 10.5. The van der Waals surface area contributed by atoms with Gasteiger partial charge in [-0.2, -0.15) is 0 Å². The van der Waals surface area contributed by atoms with Gasteiger partial charge in [0.05, 0.1) is 0 Å². The largest absolute Gasteiger partial charge is 0.325 e. The zero-order valence-corrected chi connectivity index (χ0v) is 5.77. The molecule has 0 radical (unpaired) electrons. The first-order chi connectivity index (χ1) is 3.95. The second kappa shape index (κ2) is 2.80. The van der Waals surface area contributed by atoms with Gasteiger partial charge in [-0.05, 0) is 13.8 Å². The highest BCUT2D eigenvalue weighted by Crippen LogP contribution is 2.01. The van der Waals surface area contributed by atoms with Crippen molar-refractivity contribution in [1.29, 1.82) is 0 Å². The fourth-order valence-electron chi connectivity index (χ4n) is 0.465. The summed E-state index contributed by atoms with van der Waals surface area (Å²) in [6.07, 6.45) is 0.253. The van der Waals surface area contributed by atoms with Gasteiger partial charge in [0, 0.05) is 12.0 Å². The molecule has 0 aliphatic carbocycles. The summed E-state index contributed by atoms with van der Waals surface area (Å²) in [5, 5.41) is 0. The molecule has 0 bridgehead atoms. The topological polar surface area (TPSA) is 81.1 Å². The smallest absolute Gasteiger partial charge is 0.235 e. The Bertz CT molecular complexity index is 105. The van der Waals surface area contributed by atoms with E-state index in [1.54, 1.807) is 13.8 Å². The summed E-state index contributed by atoms with van der Waals surface area (Å²) in [5.74, 6) is 4.59. The van der Waals surface area contributed by atoms with Crippen LogP contribution in [0.3, 0.4) is 0 Å². The molecular formula is C5H13N3O. The van der Waals surface area contributed by atoms with Gasteiger partial charge >= 0.3 is 0 Å². The zero-order valence-electron chi connectivity index (χ0n) is 5.77. The molecule has 9 heavy (non-hydrogen) atoms. The Labute approximate surface area is 54.6 Å². The lowest BCUT2D eigenvalue weighted by molar-refractivity contribution is -0.122. The van der Waals surface area contributed by atoms with Crippen LogP contribution in [0.2, 0.25) is 0 Å². The predicted octanol–water partition coefficient (Wildman–Crippen LogP) is -0.896. The van der Waals surface area contributed by atoms with Crippen LogP contribution in [0.25, 0.3) is 0 Å². The van der Waals surface area contributed by atoms with Crippen molar-refractivity contribution in [2.45, 2.75) is 25.8 Å². The highest BCUT2D eigenvalue weighted by Gasteiger charge is 2.14. The van der Waals surface area contributed by atoms with E-state index in [1.807, 2.05) is 5.43 Å². The zero-order chi connectivity index (χ0) is 7.49. The molecule has 0 saturated heterocycles. The second-order valence-electron chi connectivity index (χ2n) is 2.73. The van der Waals surface area contributed by atoms with Gasteiger partial charge in [0.15, 0.2) is 0 Å². The molecule has 0 aromatic heterocycles. The van der Waals surface area contributed by atoms with Crippen LogP contribution in [0.5, 0.6) is 0 Å². The minimum atomic E-state index is -0.469. The Morgan fingerprint density at radius 3 is 2.22 bits per heavy atom. The number of carbonyl (C=O) groups excluding carboxylic acids is 1. The number of hydrogen-bond donors (Lipinski definition) is 3. The van der Waals surface area contributed by atoms with Crippen LogP contribution in [0.4, 0.5) is 0 Å². The van der Waals surface area contributed by atoms with Crippen LogP contribution in [0, 0.1) is 0 Å². The molecule has 0 heterocycles. The van der Waals surface area contributed by atoms with Crippen molar-refractivity contribution in [2.75, 3.05) is 0 Å². The van der Waals surface area contributed by atoms with Crippen molar-refractivity contribution in [2.24, 2.45) is 11.6 Å². The van der Waals surface area contributed by atoms with Crippen molar-refractivity contribution < 1.29 is 4.79 Å². The van der Waals surface area contributed by atoms with E-state index >= 15 is 0 Å². The molecule has 5 N–H and O–H groups in total. The molecule has 1 amide bonds. The predicted molar refractivity (Wildman–Crippen MR) is 35.2 cm³/mol. The van der Waals surface area contributed by atoms with Gasteiger partial charge < -0.3 is 5.73 Å². The first-order valence-corrected chi connectivity index (χ1v) is 2.74. The third kappa shape index (κ3) is 5.26. The lowest BCUT2D eigenvalue weighted by Gasteiger charge is -2.15. The van der Waals surface area contributed by atoms with Gasteiger partial charge in [-0.15, -0.1) is 0 Å². The fourth-order valence-corrected chi connectivity index (χ4v) is 0.465. The van der Waals surface area contributed by atoms with Crippen molar-refractivity contribution in [1.82, 2.24) is 5.43 Å². The van der Waals surface area contributed by atoms with E-state index in [-0.39, 0.29) is 12.3 Å². The molecule has 4 nitrogen and oxygen atoms in total. The standard InChI is InChI=1S/C5H13N3O/c1-5(2,6)3-4(9)8-7/h3,6-7H2,1-2H3,(H,8,9). The van der Waals surface area contributed by atoms with Crippen molar-refractivity contribution >= 4 is 5.91 Å². The Balaban J connectivity index is 3.60.